The zero-order valence-corrected chi connectivity index (χ0v) is 19.4. The highest BCUT2D eigenvalue weighted by molar-refractivity contribution is 9.10. The summed E-state index contributed by atoms with van der Waals surface area (Å²) in [4.78, 5) is 16.7. The van der Waals surface area contributed by atoms with Crippen LogP contribution in [0.1, 0.15) is 0 Å². The minimum Gasteiger partial charge on any atom is -0.411 e. The molecule has 4 aromatic rings. The van der Waals surface area contributed by atoms with E-state index in [9.17, 15) is 4.79 Å². The van der Waals surface area contributed by atoms with E-state index in [2.05, 4.69) is 52.4 Å². The van der Waals surface area contributed by atoms with Gasteiger partial charge in [0.15, 0.2) is 5.13 Å². The Morgan fingerprint density at radius 1 is 1.00 bits per heavy atom. The number of halogens is 2. The Kier molecular flexibility index (Phi) is 6.43. The number of amides is 1. The molecular weight excluding hydrogens is 540 g/mol. The Morgan fingerprint density at radius 3 is 2.34 bits per heavy atom. The Labute approximate surface area is 191 Å². The molecule has 29 heavy (non-hydrogen) atoms. The molecule has 0 spiro atoms. The van der Waals surface area contributed by atoms with Crippen molar-refractivity contribution in [2.45, 2.75) is 5.22 Å². The molecule has 0 saturated carbocycles. The second kappa shape index (κ2) is 9.21. The molecule has 0 aliphatic carbocycles. The van der Waals surface area contributed by atoms with E-state index in [-0.39, 0.29) is 11.7 Å². The van der Waals surface area contributed by atoms with Gasteiger partial charge in [-0.25, -0.2) is 4.98 Å². The maximum absolute atomic E-state index is 12.2. The summed E-state index contributed by atoms with van der Waals surface area (Å²) in [5, 5.41) is 13.6. The Hall–Kier alpha value is -2.01. The van der Waals surface area contributed by atoms with Crippen LogP contribution in [0.3, 0.4) is 0 Å². The first-order valence-corrected chi connectivity index (χ1v) is 11.8. The SMILES string of the molecule is O=C(CSc1nnc(-c2ccc(Br)cc2)o1)Nc1nc(-c2ccc(Br)cc2)cs1. The zero-order chi connectivity index (χ0) is 20.2. The number of nitrogens with one attached hydrogen (secondary N) is 1. The van der Waals surface area contributed by atoms with Crippen LogP contribution in [0.5, 0.6) is 0 Å². The van der Waals surface area contributed by atoms with E-state index in [4.69, 9.17) is 4.42 Å². The smallest absolute Gasteiger partial charge is 0.277 e. The topological polar surface area (TPSA) is 80.9 Å². The highest BCUT2D eigenvalue weighted by Crippen LogP contribution is 2.27. The van der Waals surface area contributed by atoms with Gasteiger partial charge in [-0.1, -0.05) is 55.8 Å². The van der Waals surface area contributed by atoms with Gasteiger partial charge in [-0.05, 0) is 36.4 Å². The predicted octanol–water partition coefficient (Wildman–Crippen LogP) is 6.12. The number of thiazole rings is 1. The molecule has 2 aromatic heterocycles. The molecule has 1 amide bonds. The maximum Gasteiger partial charge on any atom is 0.277 e. The van der Waals surface area contributed by atoms with Crippen molar-refractivity contribution in [1.29, 1.82) is 0 Å². The van der Waals surface area contributed by atoms with Gasteiger partial charge < -0.3 is 9.73 Å². The van der Waals surface area contributed by atoms with Crippen molar-refractivity contribution < 1.29 is 9.21 Å². The number of benzene rings is 2. The summed E-state index contributed by atoms with van der Waals surface area (Å²) in [6.07, 6.45) is 0. The average molecular weight is 552 g/mol. The van der Waals surface area contributed by atoms with E-state index in [1.54, 1.807) is 0 Å². The molecule has 146 valence electrons. The first-order chi connectivity index (χ1) is 14.1. The van der Waals surface area contributed by atoms with Gasteiger partial charge in [0, 0.05) is 25.5 Å². The van der Waals surface area contributed by atoms with Gasteiger partial charge in [-0.2, -0.15) is 0 Å². The molecule has 0 radical (unpaired) electrons. The summed E-state index contributed by atoms with van der Waals surface area (Å²) < 4.78 is 7.59. The van der Waals surface area contributed by atoms with E-state index in [0.29, 0.717) is 16.2 Å². The monoisotopic (exact) mass is 550 g/mol. The van der Waals surface area contributed by atoms with Crippen molar-refractivity contribution in [3.05, 3.63) is 62.9 Å². The van der Waals surface area contributed by atoms with Crippen molar-refractivity contribution >= 4 is 66.0 Å². The summed E-state index contributed by atoms with van der Waals surface area (Å²) in [6.45, 7) is 0. The Morgan fingerprint density at radius 2 is 1.66 bits per heavy atom. The van der Waals surface area contributed by atoms with Gasteiger partial charge in [0.2, 0.25) is 11.8 Å². The second-order valence-corrected chi connectivity index (χ2v) is 9.38. The van der Waals surface area contributed by atoms with Crippen molar-refractivity contribution in [3.63, 3.8) is 0 Å². The summed E-state index contributed by atoms with van der Waals surface area (Å²) in [7, 11) is 0. The lowest BCUT2D eigenvalue weighted by atomic mass is 10.2. The van der Waals surface area contributed by atoms with Crippen molar-refractivity contribution in [3.8, 4) is 22.7 Å². The minimum absolute atomic E-state index is 0.148. The summed E-state index contributed by atoms with van der Waals surface area (Å²) in [6, 6.07) is 15.4. The van der Waals surface area contributed by atoms with Crippen LogP contribution >= 0.6 is 55.0 Å². The number of carbonyl (C=O) groups excluding carboxylic acids is 1. The molecule has 0 aliphatic heterocycles. The molecular formula is C19H12Br2N4O2S2. The highest BCUT2D eigenvalue weighted by Gasteiger charge is 2.13. The third kappa shape index (κ3) is 5.33. The molecule has 0 unspecified atom stereocenters. The average Bonchev–Trinajstić information content (AvgIpc) is 3.37. The lowest BCUT2D eigenvalue weighted by Gasteiger charge is -2.00. The van der Waals surface area contributed by atoms with Crippen molar-refractivity contribution in [2.75, 3.05) is 11.1 Å². The molecule has 2 heterocycles. The van der Waals surface area contributed by atoms with Crippen LogP contribution in [-0.2, 0) is 4.79 Å². The van der Waals surface area contributed by atoms with Crippen LogP contribution in [0.2, 0.25) is 0 Å². The highest BCUT2D eigenvalue weighted by atomic mass is 79.9. The maximum atomic E-state index is 12.2. The van der Waals surface area contributed by atoms with Gasteiger partial charge in [-0.3, -0.25) is 4.79 Å². The fourth-order valence-electron chi connectivity index (χ4n) is 2.34. The van der Waals surface area contributed by atoms with Crippen LogP contribution in [0.4, 0.5) is 5.13 Å². The van der Waals surface area contributed by atoms with Crippen molar-refractivity contribution in [1.82, 2.24) is 15.2 Å². The second-order valence-electron chi connectivity index (χ2n) is 5.76. The van der Waals surface area contributed by atoms with E-state index < -0.39 is 0 Å². The zero-order valence-electron chi connectivity index (χ0n) is 14.6. The number of nitrogens with zero attached hydrogens (tertiary/aromatic N) is 3. The third-order valence-corrected chi connectivity index (χ3v) is 6.35. The molecule has 0 fully saturated rings. The summed E-state index contributed by atoms with van der Waals surface area (Å²) in [5.74, 6) is 0.379. The number of anilines is 1. The number of thioether (sulfide) groups is 1. The van der Waals surface area contributed by atoms with Gasteiger partial charge in [0.25, 0.3) is 5.22 Å². The molecule has 4 rings (SSSR count). The number of hydrogen-bond acceptors (Lipinski definition) is 7. The van der Waals surface area contributed by atoms with Crippen LogP contribution in [-0.4, -0.2) is 26.8 Å². The number of aromatic nitrogens is 3. The van der Waals surface area contributed by atoms with E-state index in [1.165, 1.54) is 23.1 Å². The van der Waals surface area contributed by atoms with Crippen LogP contribution < -0.4 is 5.32 Å². The normalized spacial score (nSPS) is 10.8. The molecule has 0 aliphatic rings. The number of hydrogen-bond donors (Lipinski definition) is 1. The van der Waals surface area contributed by atoms with Crippen LogP contribution in [0, 0.1) is 0 Å². The molecule has 1 N–H and O–H groups in total. The third-order valence-electron chi connectivity index (χ3n) is 3.71. The molecule has 0 bridgehead atoms. The largest absolute Gasteiger partial charge is 0.411 e. The van der Waals surface area contributed by atoms with E-state index in [0.717, 1.165) is 25.8 Å². The first-order valence-electron chi connectivity index (χ1n) is 8.30. The van der Waals surface area contributed by atoms with Crippen LogP contribution in [0.25, 0.3) is 22.7 Å². The van der Waals surface area contributed by atoms with Gasteiger partial charge in [0.1, 0.15) is 0 Å². The molecule has 6 nitrogen and oxygen atoms in total. The predicted molar refractivity (Wildman–Crippen MR) is 122 cm³/mol. The number of carbonyl (C=O) groups is 1. The first kappa shape index (κ1) is 20.3. The lowest BCUT2D eigenvalue weighted by molar-refractivity contribution is -0.113. The Balaban J connectivity index is 1.33. The minimum atomic E-state index is -0.185. The fourth-order valence-corrected chi connectivity index (χ4v) is 4.17. The van der Waals surface area contributed by atoms with Crippen molar-refractivity contribution in [2.24, 2.45) is 0 Å². The summed E-state index contributed by atoms with van der Waals surface area (Å²) in [5.41, 5.74) is 2.63. The standard InChI is InChI=1S/C19H12Br2N4O2S2/c20-13-5-1-11(2-6-13)15-9-28-18(22-15)23-16(26)10-29-19-25-24-17(27-19)12-3-7-14(21)8-4-12/h1-9H,10H2,(H,22,23,26). The lowest BCUT2D eigenvalue weighted by Crippen LogP contribution is -2.13. The van der Waals surface area contributed by atoms with Gasteiger partial charge >= 0.3 is 0 Å². The fraction of sp³-hybridized carbons (Fsp3) is 0.0526. The molecule has 2 aromatic carbocycles. The molecule has 0 saturated heterocycles. The van der Waals surface area contributed by atoms with Crippen LogP contribution in [0.15, 0.2) is 72.5 Å². The quantitative estimate of drug-likeness (QED) is 0.291. The molecule has 10 heteroatoms. The Bertz CT molecular complexity index is 1130. The molecule has 0 atom stereocenters. The number of rotatable bonds is 6. The van der Waals surface area contributed by atoms with Gasteiger partial charge in [0.05, 0.1) is 11.4 Å². The summed E-state index contributed by atoms with van der Waals surface area (Å²) >= 11 is 9.36. The van der Waals surface area contributed by atoms with E-state index >= 15 is 0 Å². The van der Waals surface area contributed by atoms with E-state index in [1.807, 2.05) is 53.9 Å². The van der Waals surface area contributed by atoms with Gasteiger partial charge in [-0.15, -0.1) is 21.5 Å².